The van der Waals surface area contributed by atoms with Crippen LogP contribution < -0.4 is 10.9 Å². The van der Waals surface area contributed by atoms with Gasteiger partial charge in [0.05, 0.1) is 16.7 Å². The van der Waals surface area contributed by atoms with E-state index in [9.17, 15) is 18.0 Å². The van der Waals surface area contributed by atoms with Gasteiger partial charge in [-0.15, -0.1) is 0 Å². The minimum Gasteiger partial charge on any atom is -0.472 e. The number of amides is 2. The normalized spacial score (nSPS) is 15.2. The second-order valence-electron chi connectivity index (χ2n) is 7.61. The highest BCUT2D eigenvalue weighted by Crippen LogP contribution is 2.19. The molecule has 2 aromatic carbocycles. The predicted molar refractivity (Wildman–Crippen MR) is 121 cm³/mol. The van der Waals surface area contributed by atoms with Gasteiger partial charge in [-0.3, -0.25) is 25.3 Å². The Kier molecular flexibility index (Phi) is 6.87. The summed E-state index contributed by atoms with van der Waals surface area (Å²) in [7, 11) is -3.66. The van der Waals surface area contributed by atoms with Crippen LogP contribution in [0.4, 0.5) is 0 Å². The highest BCUT2D eigenvalue weighted by atomic mass is 32.2. The minimum absolute atomic E-state index is 0.123. The van der Waals surface area contributed by atoms with E-state index in [1.54, 1.807) is 0 Å². The second-order valence-corrected chi connectivity index (χ2v) is 9.55. The van der Waals surface area contributed by atoms with Gasteiger partial charge in [0.1, 0.15) is 6.26 Å². The Balaban J connectivity index is 1.32. The van der Waals surface area contributed by atoms with Crippen LogP contribution in [0.1, 0.15) is 26.3 Å². The quantitative estimate of drug-likeness (QED) is 0.534. The van der Waals surface area contributed by atoms with E-state index in [-0.39, 0.29) is 16.0 Å². The van der Waals surface area contributed by atoms with Crippen LogP contribution in [0.25, 0.3) is 0 Å². The largest absolute Gasteiger partial charge is 0.472 e. The van der Waals surface area contributed by atoms with E-state index in [1.807, 2.05) is 18.2 Å². The SMILES string of the molecule is O=C(NNC(=O)c1ccoc1)c1ccc(S(=O)(=O)N2CCN(Cc3ccccc3)CC2)cc1. The highest BCUT2D eigenvalue weighted by Gasteiger charge is 2.28. The third-order valence-electron chi connectivity index (χ3n) is 5.41. The number of nitrogens with one attached hydrogen (secondary N) is 2. The van der Waals surface area contributed by atoms with E-state index in [2.05, 4.69) is 27.9 Å². The van der Waals surface area contributed by atoms with Crippen LogP contribution in [0.2, 0.25) is 0 Å². The monoisotopic (exact) mass is 468 g/mol. The molecule has 0 aliphatic carbocycles. The molecule has 33 heavy (non-hydrogen) atoms. The molecule has 0 unspecified atom stereocenters. The molecule has 9 nitrogen and oxygen atoms in total. The number of sulfonamides is 1. The summed E-state index contributed by atoms with van der Waals surface area (Å²) in [5.41, 5.74) is 6.24. The van der Waals surface area contributed by atoms with E-state index in [0.29, 0.717) is 26.2 Å². The van der Waals surface area contributed by atoms with Crippen LogP contribution in [-0.4, -0.2) is 55.6 Å². The molecule has 1 saturated heterocycles. The van der Waals surface area contributed by atoms with Crippen molar-refractivity contribution >= 4 is 21.8 Å². The average molecular weight is 469 g/mol. The van der Waals surface area contributed by atoms with E-state index < -0.39 is 21.8 Å². The molecule has 10 heteroatoms. The maximum atomic E-state index is 13.0. The predicted octanol–water partition coefficient (Wildman–Crippen LogP) is 1.86. The molecule has 2 heterocycles. The molecule has 1 aliphatic rings. The summed E-state index contributed by atoms with van der Waals surface area (Å²) in [4.78, 5) is 26.5. The first kappa shape index (κ1) is 22.7. The van der Waals surface area contributed by atoms with Gasteiger partial charge in [0.25, 0.3) is 11.8 Å². The smallest absolute Gasteiger partial charge is 0.272 e. The Labute approximate surface area is 192 Å². The van der Waals surface area contributed by atoms with Crippen molar-refractivity contribution in [3.05, 3.63) is 89.9 Å². The molecule has 1 aliphatic heterocycles. The molecule has 1 fully saturated rings. The molecule has 0 saturated carbocycles. The number of hydrogen-bond acceptors (Lipinski definition) is 6. The van der Waals surface area contributed by atoms with Gasteiger partial charge in [-0.1, -0.05) is 30.3 Å². The first-order valence-corrected chi connectivity index (χ1v) is 11.9. The number of furan rings is 1. The number of nitrogens with zero attached hydrogens (tertiary/aromatic N) is 2. The van der Waals surface area contributed by atoms with Crippen molar-refractivity contribution in [2.75, 3.05) is 26.2 Å². The van der Waals surface area contributed by atoms with Gasteiger partial charge in [-0.05, 0) is 35.9 Å². The summed E-state index contributed by atoms with van der Waals surface area (Å²) in [6.07, 6.45) is 2.60. The zero-order valence-electron chi connectivity index (χ0n) is 17.8. The summed E-state index contributed by atoms with van der Waals surface area (Å²) < 4.78 is 32.3. The topological polar surface area (TPSA) is 112 Å². The molecule has 172 valence electrons. The van der Waals surface area contributed by atoms with Crippen LogP contribution >= 0.6 is 0 Å². The number of piperazine rings is 1. The first-order chi connectivity index (χ1) is 15.9. The lowest BCUT2D eigenvalue weighted by Crippen LogP contribution is -2.48. The molecule has 0 radical (unpaired) electrons. The van der Waals surface area contributed by atoms with Gasteiger partial charge in [-0.2, -0.15) is 4.31 Å². The van der Waals surface area contributed by atoms with Gasteiger partial charge in [0.15, 0.2) is 0 Å². The molecule has 3 aromatic rings. The fourth-order valence-electron chi connectivity index (χ4n) is 3.55. The first-order valence-electron chi connectivity index (χ1n) is 10.4. The third kappa shape index (κ3) is 5.48. The fraction of sp³-hybridized carbons (Fsp3) is 0.217. The van der Waals surface area contributed by atoms with Crippen molar-refractivity contribution < 1.29 is 22.4 Å². The molecule has 0 bridgehead atoms. The fourth-order valence-corrected chi connectivity index (χ4v) is 4.97. The molecule has 4 rings (SSSR count). The molecule has 1 aromatic heterocycles. The Morgan fingerprint density at radius 1 is 0.818 bits per heavy atom. The van der Waals surface area contributed by atoms with Crippen LogP contribution in [0, 0.1) is 0 Å². The van der Waals surface area contributed by atoms with Crippen molar-refractivity contribution in [2.45, 2.75) is 11.4 Å². The van der Waals surface area contributed by atoms with Gasteiger partial charge in [-0.25, -0.2) is 8.42 Å². The number of hydrazine groups is 1. The Bertz CT molecular complexity index is 1190. The van der Waals surface area contributed by atoms with Crippen molar-refractivity contribution in [2.24, 2.45) is 0 Å². The van der Waals surface area contributed by atoms with E-state index >= 15 is 0 Å². The molecular formula is C23H24N4O5S. The van der Waals surface area contributed by atoms with Crippen LogP contribution in [-0.2, 0) is 16.6 Å². The highest BCUT2D eigenvalue weighted by molar-refractivity contribution is 7.89. The number of carbonyl (C=O) groups is 2. The zero-order valence-corrected chi connectivity index (χ0v) is 18.6. The van der Waals surface area contributed by atoms with E-state index in [0.717, 1.165) is 6.54 Å². The lowest BCUT2D eigenvalue weighted by Gasteiger charge is -2.34. The second kappa shape index (κ2) is 9.99. The zero-order chi connectivity index (χ0) is 23.3. The molecule has 2 amide bonds. The Morgan fingerprint density at radius 3 is 2.06 bits per heavy atom. The molecule has 0 spiro atoms. The number of rotatable bonds is 6. The third-order valence-corrected chi connectivity index (χ3v) is 7.32. The van der Waals surface area contributed by atoms with Crippen LogP contribution in [0.15, 0.2) is 82.5 Å². The minimum atomic E-state index is -3.66. The maximum absolute atomic E-state index is 13.0. The van der Waals surface area contributed by atoms with Gasteiger partial charge in [0, 0.05) is 38.3 Å². The van der Waals surface area contributed by atoms with Crippen molar-refractivity contribution in [3.63, 3.8) is 0 Å². The van der Waals surface area contributed by atoms with E-state index in [4.69, 9.17) is 4.42 Å². The van der Waals surface area contributed by atoms with Crippen molar-refractivity contribution in [1.29, 1.82) is 0 Å². The maximum Gasteiger partial charge on any atom is 0.272 e. The van der Waals surface area contributed by atoms with Crippen LogP contribution in [0.5, 0.6) is 0 Å². The van der Waals surface area contributed by atoms with Gasteiger partial charge < -0.3 is 4.42 Å². The van der Waals surface area contributed by atoms with Crippen molar-refractivity contribution in [3.8, 4) is 0 Å². The Morgan fingerprint density at radius 2 is 1.45 bits per heavy atom. The lowest BCUT2D eigenvalue weighted by molar-refractivity contribution is 0.0846. The number of carbonyl (C=O) groups excluding carboxylic acids is 2. The average Bonchev–Trinajstić information content (AvgIpc) is 3.39. The summed E-state index contributed by atoms with van der Waals surface area (Å²) in [5, 5.41) is 0. The number of benzene rings is 2. The molecular weight excluding hydrogens is 444 g/mol. The van der Waals surface area contributed by atoms with E-state index in [1.165, 1.54) is 52.7 Å². The van der Waals surface area contributed by atoms with Gasteiger partial charge >= 0.3 is 0 Å². The summed E-state index contributed by atoms with van der Waals surface area (Å²) in [6.45, 7) is 2.88. The summed E-state index contributed by atoms with van der Waals surface area (Å²) in [5.74, 6) is -1.09. The van der Waals surface area contributed by atoms with Crippen LogP contribution in [0.3, 0.4) is 0 Å². The van der Waals surface area contributed by atoms with Crippen molar-refractivity contribution in [1.82, 2.24) is 20.1 Å². The molecule has 0 atom stereocenters. The molecule has 2 N–H and O–H groups in total. The van der Waals surface area contributed by atoms with Gasteiger partial charge in [0.2, 0.25) is 10.0 Å². The summed E-state index contributed by atoms with van der Waals surface area (Å²) >= 11 is 0. The number of hydrogen-bond donors (Lipinski definition) is 2. The standard InChI is InChI=1S/C23H24N4O5S/c28-22(24-25-23(29)20-10-15-32-17-20)19-6-8-21(9-7-19)33(30,31)27-13-11-26(12-14-27)16-18-4-2-1-3-5-18/h1-10,15,17H,11-14,16H2,(H,24,28)(H,25,29). The Hall–Kier alpha value is -3.47. The summed E-state index contributed by atoms with van der Waals surface area (Å²) in [6, 6.07) is 17.2. The lowest BCUT2D eigenvalue weighted by atomic mass is 10.2.